The smallest absolute Gasteiger partial charge is 0.277 e. The summed E-state index contributed by atoms with van der Waals surface area (Å²) in [7, 11) is 1.92. The fourth-order valence-corrected chi connectivity index (χ4v) is 6.25. The third-order valence-electron chi connectivity index (χ3n) is 5.84. The van der Waals surface area contributed by atoms with E-state index in [1.54, 1.807) is 16.2 Å². The largest absolute Gasteiger partial charge is 0.334 e. The first-order valence-corrected chi connectivity index (χ1v) is 11.4. The number of carbonyl (C=O) groups excluding carboxylic acids is 1. The fourth-order valence-electron chi connectivity index (χ4n) is 4.30. The first-order valence-electron chi connectivity index (χ1n) is 9.68. The SMILES string of the molecule is CN(Cc1nc2ccccc2s1)C(=O)C[NH+]1CCc2sccc2[C@@H]1C1CC1. The molecule has 3 heterocycles. The summed E-state index contributed by atoms with van der Waals surface area (Å²) in [4.78, 5) is 22.5. The number of nitrogens with zero attached hydrogens (tertiary/aromatic N) is 2. The number of quaternary nitrogens is 1. The third kappa shape index (κ3) is 3.42. The molecular weight excluding hydrogens is 374 g/mol. The normalized spacial score (nSPS) is 22.0. The van der Waals surface area contributed by atoms with E-state index in [1.807, 2.05) is 41.5 Å². The van der Waals surface area contributed by atoms with Gasteiger partial charge in [-0.25, -0.2) is 4.98 Å². The second-order valence-electron chi connectivity index (χ2n) is 7.77. The molecule has 1 unspecified atom stereocenters. The van der Waals surface area contributed by atoms with Crippen LogP contribution in [0.25, 0.3) is 10.2 Å². The van der Waals surface area contributed by atoms with Gasteiger partial charge in [0.15, 0.2) is 6.54 Å². The van der Waals surface area contributed by atoms with Gasteiger partial charge in [-0.15, -0.1) is 22.7 Å². The monoisotopic (exact) mass is 398 g/mol. The van der Waals surface area contributed by atoms with E-state index >= 15 is 0 Å². The van der Waals surface area contributed by atoms with Crippen molar-refractivity contribution in [3.63, 3.8) is 0 Å². The lowest BCUT2D eigenvalue weighted by molar-refractivity contribution is -0.929. The Hall–Kier alpha value is -1.76. The molecule has 1 N–H and O–H groups in total. The predicted octanol–water partition coefficient (Wildman–Crippen LogP) is 2.91. The van der Waals surface area contributed by atoms with Crippen molar-refractivity contribution in [2.24, 2.45) is 5.92 Å². The average Bonchev–Trinajstić information content (AvgIpc) is 3.24. The summed E-state index contributed by atoms with van der Waals surface area (Å²) in [5, 5.41) is 3.24. The standard InChI is InChI=1S/C21H23N3OS2/c1-23(12-19-22-16-4-2-3-5-18(16)27-19)20(25)13-24-10-8-17-15(9-11-26-17)21(24)14-6-7-14/h2-5,9,11,14,21H,6-8,10,12-13H2,1H3/p+1/t21-/m0/s1. The van der Waals surface area contributed by atoms with Gasteiger partial charge in [0.25, 0.3) is 5.91 Å². The van der Waals surface area contributed by atoms with Crippen LogP contribution in [-0.4, -0.2) is 35.9 Å². The molecular formula is C21H24N3OS2+. The van der Waals surface area contributed by atoms with Gasteiger partial charge in [0.2, 0.25) is 0 Å². The first kappa shape index (κ1) is 17.3. The van der Waals surface area contributed by atoms with Crippen molar-refractivity contribution in [1.29, 1.82) is 0 Å². The van der Waals surface area contributed by atoms with Crippen LogP contribution in [0.3, 0.4) is 0 Å². The number of likely N-dealkylation sites (N-methyl/N-ethyl adjacent to an activating group) is 1. The van der Waals surface area contributed by atoms with Crippen molar-refractivity contribution < 1.29 is 9.69 Å². The number of aromatic nitrogens is 1. The molecule has 0 bridgehead atoms. The van der Waals surface area contributed by atoms with Crippen molar-refractivity contribution in [2.45, 2.75) is 31.8 Å². The third-order valence-corrected chi connectivity index (χ3v) is 7.85. The molecule has 140 valence electrons. The highest BCUT2D eigenvalue weighted by molar-refractivity contribution is 7.18. The van der Waals surface area contributed by atoms with E-state index < -0.39 is 0 Å². The van der Waals surface area contributed by atoms with Crippen LogP contribution in [-0.2, 0) is 17.8 Å². The van der Waals surface area contributed by atoms with Gasteiger partial charge >= 0.3 is 0 Å². The number of rotatable bonds is 5. The number of thiophene rings is 1. The van der Waals surface area contributed by atoms with Gasteiger partial charge in [0, 0.05) is 29.8 Å². The van der Waals surface area contributed by atoms with Gasteiger partial charge in [-0.2, -0.15) is 0 Å². The molecule has 5 rings (SSSR count). The summed E-state index contributed by atoms with van der Waals surface area (Å²) in [6, 6.07) is 11.0. The van der Waals surface area contributed by atoms with Gasteiger partial charge in [0.05, 0.1) is 23.3 Å². The molecule has 1 fully saturated rings. The lowest BCUT2D eigenvalue weighted by Crippen LogP contribution is -3.14. The van der Waals surface area contributed by atoms with Crippen LogP contribution < -0.4 is 4.90 Å². The minimum Gasteiger partial charge on any atom is -0.334 e. The van der Waals surface area contributed by atoms with Gasteiger partial charge in [-0.3, -0.25) is 4.79 Å². The molecule has 2 aromatic heterocycles. The Morgan fingerprint density at radius 2 is 2.15 bits per heavy atom. The highest BCUT2D eigenvalue weighted by atomic mass is 32.1. The predicted molar refractivity (Wildman–Crippen MR) is 110 cm³/mol. The van der Waals surface area contributed by atoms with E-state index in [0.29, 0.717) is 19.1 Å². The number of nitrogens with one attached hydrogen (secondary N) is 1. The lowest BCUT2D eigenvalue weighted by atomic mass is 9.96. The van der Waals surface area contributed by atoms with Gasteiger partial charge in [0.1, 0.15) is 11.0 Å². The van der Waals surface area contributed by atoms with Crippen molar-refractivity contribution in [3.8, 4) is 0 Å². The van der Waals surface area contributed by atoms with E-state index in [4.69, 9.17) is 0 Å². The molecule has 1 aliphatic carbocycles. The Balaban J connectivity index is 1.28. The highest BCUT2D eigenvalue weighted by Crippen LogP contribution is 2.42. The number of thiazole rings is 1. The molecule has 4 nitrogen and oxygen atoms in total. The molecule has 1 aliphatic heterocycles. The highest BCUT2D eigenvalue weighted by Gasteiger charge is 2.43. The minimum absolute atomic E-state index is 0.230. The molecule has 1 amide bonds. The summed E-state index contributed by atoms with van der Waals surface area (Å²) >= 11 is 3.58. The topological polar surface area (TPSA) is 37.6 Å². The lowest BCUT2D eigenvalue weighted by Gasteiger charge is -2.33. The maximum Gasteiger partial charge on any atom is 0.277 e. The van der Waals surface area contributed by atoms with Crippen molar-refractivity contribution >= 4 is 38.8 Å². The van der Waals surface area contributed by atoms with Crippen molar-refractivity contribution in [1.82, 2.24) is 9.88 Å². The van der Waals surface area contributed by atoms with Crippen LogP contribution in [0.15, 0.2) is 35.7 Å². The Labute approximate surface area is 167 Å². The van der Waals surface area contributed by atoms with Gasteiger partial charge < -0.3 is 9.80 Å². The van der Waals surface area contributed by atoms with Crippen molar-refractivity contribution in [3.05, 3.63) is 51.2 Å². The van der Waals surface area contributed by atoms with Gasteiger partial charge in [-0.1, -0.05) is 12.1 Å². The van der Waals surface area contributed by atoms with Crippen LogP contribution in [0.1, 0.15) is 34.3 Å². The Bertz CT molecular complexity index is 942. The van der Waals surface area contributed by atoms with Gasteiger partial charge in [-0.05, 0) is 36.4 Å². The van der Waals surface area contributed by atoms with Crippen LogP contribution >= 0.6 is 22.7 Å². The Morgan fingerprint density at radius 3 is 2.96 bits per heavy atom. The molecule has 1 saturated carbocycles. The number of para-hydroxylation sites is 1. The fraction of sp³-hybridized carbons (Fsp3) is 0.429. The zero-order chi connectivity index (χ0) is 18.4. The minimum atomic E-state index is 0.230. The van der Waals surface area contributed by atoms with E-state index in [-0.39, 0.29) is 5.91 Å². The summed E-state index contributed by atoms with van der Waals surface area (Å²) in [6.45, 7) is 2.27. The van der Waals surface area contributed by atoms with Crippen LogP contribution in [0.5, 0.6) is 0 Å². The Morgan fingerprint density at radius 1 is 1.30 bits per heavy atom. The molecule has 2 aliphatic rings. The van der Waals surface area contributed by atoms with E-state index in [9.17, 15) is 4.79 Å². The number of hydrogen-bond acceptors (Lipinski definition) is 4. The molecule has 1 aromatic carbocycles. The maximum atomic E-state index is 13.0. The number of carbonyl (C=O) groups is 1. The first-order chi connectivity index (χ1) is 13.2. The maximum absolute atomic E-state index is 13.0. The molecule has 3 aromatic rings. The summed E-state index contributed by atoms with van der Waals surface area (Å²) < 4.78 is 1.19. The zero-order valence-electron chi connectivity index (χ0n) is 15.5. The molecule has 0 saturated heterocycles. The zero-order valence-corrected chi connectivity index (χ0v) is 17.1. The number of hydrogen-bond donors (Lipinski definition) is 1. The van der Waals surface area contributed by atoms with E-state index in [0.717, 1.165) is 29.4 Å². The number of fused-ring (bicyclic) bond motifs is 2. The summed E-state index contributed by atoms with van der Waals surface area (Å²) in [6.07, 6.45) is 3.75. The second kappa shape index (κ2) is 7.00. The molecule has 6 heteroatoms. The Kier molecular flexibility index (Phi) is 4.50. The number of benzene rings is 1. The average molecular weight is 399 g/mol. The van der Waals surface area contributed by atoms with E-state index in [2.05, 4.69) is 22.5 Å². The van der Waals surface area contributed by atoms with Crippen LogP contribution in [0, 0.1) is 5.92 Å². The van der Waals surface area contributed by atoms with Crippen molar-refractivity contribution in [2.75, 3.05) is 20.1 Å². The molecule has 2 atom stereocenters. The molecule has 0 radical (unpaired) electrons. The van der Waals surface area contributed by atoms with Crippen LogP contribution in [0.2, 0.25) is 0 Å². The summed E-state index contributed by atoms with van der Waals surface area (Å²) in [5.41, 5.74) is 2.55. The van der Waals surface area contributed by atoms with E-state index in [1.165, 1.54) is 28.0 Å². The molecule has 0 spiro atoms. The van der Waals surface area contributed by atoms with Crippen LogP contribution in [0.4, 0.5) is 0 Å². The summed E-state index contributed by atoms with van der Waals surface area (Å²) in [5.74, 6) is 1.00. The quantitative estimate of drug-likeness (QED) is 0.718. The molecule has 27 heavy (non-hydrogen) atoms. The number of amides is 1. The second-order valence-corrected chi connectivity index (χ2v) is 9.89.